The number of aromatic nitrogens is 3. The molecule has 0 spiro atoms. The Bertz CT molecular complexity index is 1480. The first-order valence-electron chi connectivity index (χ1n) is 11.9. The van der Waals surface area contributed by atoms with Crippen molar-refractivity contribution in [2.75, 3.05) is 58.1 Å². The number of anilines is 2. The Balaban J connectivity index is 1.34. The summed E-state index contributed by atoms with van der Waals surface area (Å²) in [6.07, 6.45) is 4.82. The fraction of sp³-hybridized carbons (Fsp3) is 0.308. The molecule has 1 fully saturated rings. The predicted octanol–water partition coefficient (Wildman–Crippen LogP) is 3.29. The molecule has 11 heteroatoms. The molecule has 5 rings (SSSR count). The summed E-state index contributed by atoms with van der Waals surface area (Å²) in [6.45, 7) is 4.67. The molecule has 1 aliphatic heterocycles. The Kier molecular flexibility index (Phi) is 7.26. The van der Waals surface area contributed by atoms with Crippen molar-refractivity contribution in [1.29, 1.82) is 0 Å². The van der Waals surface area contributed by atoms with Crippen LogP contribution in [0.15, 0.2) is 65.8 Å². The van der Waals surface area contributed by atoms with E-state index in [1.165, 1.54) is 6.26 Å². The maximum Gasteiger partial charge on any atom is 0.229 e. The van der Waals surface area contributed by atoms with Gasteiger partial charge in [-0.2, -0.15) is 4.98 Å². The fourth-order valence-electron chi connectivity index (χ4n) is 4.15. The zero-order chi connectivity index (χ0) is 25.8. The summed E-state index contributed by atoms with van der Waals surface area (Å²) in [4.78, 5) is 11.7. The number of ether oxygens (including phenoxy) is 3. The molecule has 2 aromatic carbocycles. The molecule has 0 radical (unpaired) electrons. The molecule has 37 heavy (non-hydrogen) atoms. The molecular formula is C26H29N5O5S. The van der Waals surface area contributed by atoms with Crippen molar-refractivity contribution in [1.82, 2.24) is 19.4 Å². The number of sulfone groups is 1. The first-order valence-corrected chi connectivity index (χ1v) is 13.8. The van der Waals surface area contributed by atoms with E-state index in [1.54, 1.807) is 37.6 Å². The van der Waals surface area contributed by atoms with Crippen molar-refractivity contribution in [2.45, 2.75) is 4.90 Å². The molecule has 1 N–H and O–H groups in total. The molecule has 0 amide bonds. The van der Waals surface area contributed by atoms with Crippen LogP contribution in [-0.2, 0) is 14.6 Å². The number of methoxy groups -OCH3 is 1. The molecule has 10 nitrogen and oxygen atoms in total. The highest BCUT2D eigenvalue weighted by Gasteiger charge is 2.13. The van der Waals surface area contributed by atoms with Crippen LogP contribution in [0, 0.1) is 0 Å². The lowest BCUT2D eigenvalue weighted by molar-refractivity contribution is 0.0321. The van der Waals surface area contributed by atoms with E-state index < -0.39 is 9.84 Å². The first kappa shape index (κ1) is 25.0. The summed E-state index contributed by atoms with van der Waals surface area (Å²) in [6, 6.07) is 14.2. The summed E-state index contributed by atoms with van der Waals surface area (Å²) in [5.41, 5.74) is 2.25. The maximum atomic E-state index is 11.8. The second-order valence-electron chi connectivity index (χ2n) is 8.72. The van der Waals surface area contributed by atoms with Crippen LogP contribution >= 0.6 is 0 Å². The van der Waals surface area contributed by atoms with Gasteiger partial charge in [-0.3, -0.25) is 4.90 Å². The van der Waals surface area contributed by atoms with Crippen LogP contribution in [0.3, 0.4) is 0 Å². The van der Waals surface area contributed by atoms with Crippen LogP contribution in [0.1, 0.15) is 0 Å². The summed E-state index contributed by atoms with van der Waals surface area (Å²) in [5.74, 6) is 1.70. The standard InChI is InChI=1S/C26H29N5O5S/c1-34-23-8-3-20(17-24(23)36-16-13-30-11-14-35-15-12-30)28-26-27-18-19-9-10-31(25(19)29-26)21-4-6-22(7-5-21)37(2,32)33/h3-10,17-18H,11-16H2,1-2H3,(H,27,28,29). The van der Waals surface area contributed by atoms with Gasteiger partial charge in [-0.1, -0.05) is 0 Å². The topological polar surface area (TPSA) is 108 Å². The first-order chi connectivity index (χ1) is 17.9. The Hall–Kier alpha value is -3.67. The molecule has 1 aliphatic rings. The van der Waals surface area contributed by atoms with Gasteiger partial charge in [0.05, 0.1) is 25.2 Å². The van der Waals surface area contributed by atoms with Crippen molar-refractivity contribution in [3.8, 4) is 17.2 Å². The number of fused-ring (bicyclic) bond motifs is 1. The Morgan fingerprint density at radius 2 is 1.84 bits per heavy atom. The number of hydrogen-bond donors (Lipinski definition) is 1. The van der Waals surface area contributed by atoms with Gasteiger partial charge in [0.25, 0.3) is 0 Å². The zero-order valence-electron chi connectivity index (χ0n) is 20.8. The van der Waals surface area contributed by atoms with Gasteiger partial charge in [-0.05, 0) is 42.5 Å². The van der Waals surface area contributed by atoms with Crippen LogP contribution in [0.25, 0.3) is 16.7 Å². The highest BCUT2D eigenvalue weighted by atomic mass is 32.2. The van der Waals surface area contributed by atoms with Crippen LogP contribution in [0.4, 0.5) is 11.6 Å². The van der Waals surface area contributed by atoms with Crippen LogP contribution in [0.2, 0.25) is 0 Å². The van der Waals surface area contributed by atoms with Gasteiger partial charge in [-0.15, -0.1) is 0 Å². The molecule has 4 aromatic rings. The summed E-state index contributed by atoms with van der Waals surface area (Å²) >= 11 is 0. The number of nitrogens with zero attached hydrogens (tertiary/aromatic N) is 4. The Labute approximate surface area is 215 Å². The monoisotopic (exact) mass is 523 g/mol. The molecule has 0 aliphatic carbocycles. The molecule has 0 bridgehead atoms. The molecular weight excluding hydrogens is 494 g/mol. The van der Waals surface area contributed by atoms with E-state index in [0.717, 1.165) is 49.6 Å². The molecule has 2 aromatic heterocycles. The van der Waals surface area contributed by atoms with Crippen molar-refractivity contribution in [2.24, 2.45) is 0 Å². The Morgan fingerprint density at radius 1 is 1.05 bits per heavy atom. The fourth-order valence-corrected chi connectivity index (χ4v) is 4.78. The normalized spacial score (nSPS) is 14.5. The van der Waals surface area contributed by atoms with E-state index in [2.05, 4.69) is 15.2 Å². The summed E-state index contributed by atoms with van der Waals surface area (Å²) < 4.78 is 42.4. The number of rotatable bonds is 9. The van der Waals surface area contributed by atoms with Gasteiger partial charge in [0.1, 0.15) is 12.3 Å². The van der Waals surface area contributed by atoms with Gasteiger partial charge >= 0.3 is 0 Å². The second kappa shape index (κ2) is 10.8. The summed E-state index contributed by atoms with van der Waals surface area (Å²) in [7, 11) is -1.65. The van der Waals surface area contributed by atoms with Gasteiger partial charge < -0.3 is 24.1 Å². The average Bonchev–Trinajstić information content (AvgIpc) is 3.32. The highest BCUT2D eigenvalue weighted by molar-refractivity contribution is 7.90. The molecule has 194 valence electrons. The second-order valence-corrected chi connectivity index (χ2v) is 10.7. The molecule has 0 atom stereocenters. The van der Waals surface area contributed by atoms with Gasteiger partial charge in [0.2, 0.25) is 5.95 Å². The van der Waals surface area contributed by atoms with E-state index in [4.69, 9.17) is 19.2 Å². The molecule has 0 saturated carbocycles. The third-order valence-electron chi connectivity index (χ3n) is 6.16. The molecule has 3 heterocycles. The molecule has 0 unspecified atom stereocenters. The predicted molar refractivity (Wildman–Crippen MR) is 141 cm³/mol. The lowest BCUT2D eigenvalue weighted by atomic mass is 10.2. The van der Waals surface area contributed by atoms with E-state index in [1.807, 2.05) is 35.0 Å². The van der Waals surface area contributed by atoms with Crippen LogP contribution < -0.4 is 14.8 Å². The van der Waals surface area contributed by atoms with Gasteiger partial charge in [0.15, 0.2) is 21.3 Å². The quantitative estimate of drug-likeness (QED) is 0.354. The van der Waals surface area contributed by atoms with E-state index in [9.17, 15) is 8.42 Å². The minimum Gasteiger partial charge on any atom is -0.493 e. The average molecular weight is 524 g/mol. The van der Waals surface area contributed by atoms with Crippen molar-refractivity contribution >= 4 is 32.5 Å². The zero-order valence-corrected chi connectivity index (χ0v) is 21.6. The third kappa shape index (κ3) is 5.85. The number of benzene rings is 2. The van der Waals surface area contributed by atoms with E-state index >= 15 is 0 Å². The smallest absolute Gasteiger partial charge is 0.229 e. The van der Waals surface area contributed by atoms with Crippen LogP contribution in [-0.4, -0.2) is 80.7 Å². The maximum absolute atomic E-state index is 11.8. The van der Waals surface area contributed by atoms with Crippen LogP contribution in [0.5, 0.6) is 11.5 Å². The van der Waals surface area contributed by atoms with Crippen molar-refractivity contribution in [3.63, 3.8) is 0 Å². The van der Waals surface area contributed by atoms with Crippen molar-refractivity contribution < 1.29 is 22.6 Å². The lowest BCUT2D eigenvalue weighted by Gasteiger charge is -2.26. The summed E-state index contributed by atoms with van der Waals surface area (Å²) in [5, 5.41) is 4.11. The SMILES string of the molecule is COc1ccc(Nc2ncc3ccn(-c4ccc(S(C)(=O)=O)cc4)c3n2)cc1OCCN1CCOCC1. The van der Waals surface area contributed by atoms with Crippen molar-refractivity contribution in [3.05, 3.63) is 60.9 Å². The third-order valence-corrected chi connectivity index (χ3v) is 7.29. The lowest BCUT2D eigenvalue weighted by Crippen LogP contribution is -2.38. The van der Waals surface area contributed by atoms with E-state index in [0.29, 0.717) is 29.7 Å². The largest absolute Gasteiger partial charge is 0.493 e. The minimum atomic E-state index is -3.26. The number of hydrogen-bond acceptors (Lipinski definition) is 9. The number of nitrogens with one attached hydrogen (secondary N) is 1. The number of morpholine rings is 1. The van der Waals surface area contributed by atoms with Gasteiger partial charge in [0, 0.05) is 61.1 Å². The Morgan fingerprint density at radius 3 is 2.57 bits per heavy atom. The highest BCUT2D eigenvalue weighted by Crippen LogP contribution is 2.31. The van der Waals surface area contributed by atoms with Gasteiger partial charge in [-0.25, -0.2) is 13.4 Å². The van der Waals surface area contributed by atoms with E-state index in [-0.39, 0.29) is 4.90 Å². The molecule has 1 saturated heterocycles. The minimum absolute atomic E-state index is 0.271.